The van der Waals surface area contributed by atoms with E-state index in [1.165, 1.54) is 16.2 Å². The molecule has 24 heavy (non-hydrogen) atoms. The van der Waals surface area contributed by atoms with Gasteiger partial charge in [-0.05, 0) is 31.5 Å². The monoisotopic (exact) mass is 407 g/mol. The van der Waals surface area contributed by atoms with Gasteiger partial charge in [-0.1, -0.05) is 15.9 Å². The molecule has 1 aromatic heterocycles. The average molecular weight is 408 g/mol. The number of aryl methyl sites for hydroxylation is 1. The summed E-state index contributed by atoms with van der Waals surface area (Å²) in [6.07, 6.45) is 0.624. The Morgan fingerprint density at radius 1 is 1.29 bits per heavy atom. The van der Waals surface area contributed by atoms with E-state index in [0.29, 0.717) is 22.7 Å². The van der Waals surface area contributed by atoms with Crippen molar-refractivity contribution in [3.63, 3.8) is 0 Å². The molecule has 0 saturated carbocycles. The molecule has 1 N–H and O–H groups in total. The molecule has 0 bridgehead atoms. The van der Waals surface area contributed by atoms with Crippen LogP contribution in [0.5, 0.6) is 0 Å². The van der Waals surface area contributed by atoms with Gasteiger partial charge in [0.25, 0.3) is 11.8 Å². The fourth-order valence-electron chi connectivity index (χ4n) is 2.46. The molecule has 0 atom stereocenters. The number of imide groups is 1. The maximum Gasteiger partial charge on any atom is 0.261 e. The lowest BCUT2D eigenvalue weighted by molar-refractivity contribution is -0.116. The van der Waals surface area contributed by atoms with Gasteiger partial charge in [0.05, 0.1) is 16.8 Å². The number of carbonyl (C=O) groups is 3. The first-order valence-electron chi connectivity index (χ1n) is 7.33. The lowest BCUT2D eigenvalue weighted by Crippen LogP contribution is -2.31. The SMILES string of the molecule is Cc1csc(NC(=O)CCCN2C(=O)c3ccc(Br)cc3C2=O)n1. The van der Waals surface area contributed by atoms with E-state index in [0.717, 1.165) is 10.2 Å². The van der Waals surface area contributed by atoms with E-state index in [1.807, 2.05) is 12.3 Å². The Bertz CT molecular complexity index is 834. The van der Waals surface area contributed by atoms with Crippen LogP contribution in [0.4, 0.5) is 5.13 Å². The van der Waals surface area contributed by atoms with Gasteiger partial charge >= 0.3 is 0 Å². The van der Waals surface area contributed by atoms with Crippen LogP contribution in [0.2, 0.25) is 0 Å². The summed E-state index contributed by atoms with van der Waals surface area (Å²) < 4.78 is 0.752. The largest absolute Gasteiger partial charge is 0.302 e. The van der Waals surface area contributed by atoms with Crippen LogP contribution in [0.15, 0.2) is 28.1 Å². The molecule has 0 saturated heterocycles. The van der Waals surface area contributed by atoms with Crippen molar-refractivity contribution in [3.8, 4) is 0 Å². The molecule has 124 valence electrons. The number of anilines is 1. The fourth-order valence-corrected chi connectivity index (χ4v) is 3.52. The number of carbonyl (C=O) groups excluding carboxylic acids is 3. The Morgan fingerprint density at radius 3 is 2.75 bits per heavy atom. The van der Waals surface area contributed by atoms with E-state index in [-0.39, 0.29) is 30.7 Å². The zero-order chi connectivity index (χ0) is 17.3. The summed E-state index contributed by atoms with van der Waals surface area (Å²) in [5.74, 6) is -0.797. The van der Waals surface area contributed by atoms with E-state index in [4.69, 9.17) is 0 Å². The predicted octanol–water partition coefficient (Wildman–Crippen LogP) is 3.23. The second-order valence-corrected chi connectivity index (χ2v) is 7.17. The van der Waals surface area contributed by atoms with Crippen molar-refractivity contribution in [2.24, 2.45) is 0 Å². The van der Waals surface area contributed by atoms with Crippen molar-refractivity contribution >= 4 is 50.1 Å². The third-order valence-electron chi connectivity index (χ3n) is 3.58. The minimum Gasteiger partial charge on any atom is -0.302 e. The molecule has 0 aliphatic carbocycles. The Hall–Kier alpha value is -2.06. The molecular formula is C16H14BrN3O3S. The van der Waals surface area contributed by atoms with Gasteiger partial charge in [0.15, 0.2) is 5.13 Å². The van der Waals surface area contributed by atoms with Gasteiger partial charge in [-0.25, -0.2) is 4.98 Å². The summed E-state index contributed by atoms with van der Waals surface area (Å²) in [6, 6.07) is 5.02. The molecule has 2 aromatic rings. The number of aromatic nitrogens is 1. The zero-order valence-corrected chi connectivity index (χ0v) is 15.2. The summed E-state index contributed by atoms with van der Waals surface area (Å²) in [7, 11) is 0. The molecule has 2 heterocycles. The quantitative estimate of drug-likeness (QED) is 0.771. The number of hydrogen-bond donors (Lipinski definition) is 1. The van der Waals surface area contributed by atoms with Gasteiger partial charge in [0, 0.05) is 22.8 Å². The highest BCUT2D eigenvalue weighted by Gasteiger charge is 2.35. The minimum absolute atomic E-state index is 0.177. The van der Waals surface area contributed by atoms with Crippen LogP contribution in [0.25, 0.3) is 0 Å². The van der Waals surface area contributed by atoms with Gasteiger partial charge < -0.3 is 5.32 Å². The highest BCUT2D eigenvalue weighted by molar-refractivity contribution is 9.10. The Morgan fingerprint density at radius 2 is 2.04 bits per heavy atom. The number of fused-ring (bicyclic) bond motifs is 1. The molecule has 1 aromatic carbocycles. The molecule has 1 aliphatic heterocycles. The number of nitrogens with zero attached hydrogens (tertiary/aromatic N) is 2. The van der Waals surface area contributed by atoms with Crippen molar-refractivity contribution in [1.82, 2.24) is 9.88 Å². The molecule has 0 spiro atoms. The normalized spacial score (nSPS) is 13.3. The summed E-state index contributed by atoms with van der Waals surface area (Å²) in [6.45, 7) is 2.07. The van der Waals surface area contributed by atoms with Crippen molar-refractivity contribution in [3.05, 3.63) is 44.9 Å². The van der Waals surface area contributed by atoms with Crippen molar-refractivity contribution in [2.75, 3.05) is 11.9 Å². The van der Waals surface area contributed by atoms with Gasteiger partial charge in [-0.15, -0.1) is 11.3 Å². The van der Waals surface area contributed by atoms with E-state index < -0.39 is 0 Å². The van der Waals surface area contributed by atoms with Crippen LogP contribution in [-0.4, -0.2) is 34.2 Å². The van der Waals surface area contributed by atoms with Gasteiger partial charge in [0.2, 0.25) is 5.91 Å². The second kappa shape index (κ2) is 6.82. The topological polar surface area (TPSA) is 79.4 Å². The van der Waals surface area contributed by atoms with Gasteiger partial charge in [-0.3, -0.25) is 19.3 Å². The van der Waals surface area contributed by atoms with E-state index in [1.54, 1.807) is 18.2 Å². The maximum atomic E-state index is 12.3. The van der Waals surface area contributed by atoms with Crippen molar-refractivity contribution < 1.29 is 14.4 Å². The number of thiazole rings is 1. The van der Waals surface area contributed by atoms with Crippen LogP contribution in [0.3, 0.4) is 0 Å². The molecule has 0 unspecified atom stereocenters. The molecule has 3 amide bonds. The van der Waals surface area contributed by atoms with Crippen molar-refractivity contribution in [1.29, 1.82) is 0 Å². The van der Waals surface area contributed by atoms with Crippen LogP contribution in [0, 0.1) is 6.92 Å². The maximum absolute atomic E-state index is 12.3. The summed E-state index contributed by atoms with van der Waals surface area (Å²) in [5.41, 5.74) is 1.66. The van der Waals surface area contributed by atoms with Gasteiger partial charge in [-0.2, -0.15) is 0 Å². The molecular weight excluding hydrogens is 394 g/mol. The second-order valence-electron chi connectivity index (χ2n) is 5.40. The number of hydrogen-bond acceptors (Lipinski definition) is 5. The fraction of sp³-hybridized carbons (Fsp3) is 0.250. The van der Waals surface area contributed by atoms with Crippen LogP contribution in [0.1, 0.15) is 39.3 Å². The van der Waals surface area contributed by atoms with Crippen LogP contribution < -0.4 is 5.32 Å². The Labute approximate surface area is 151 Å². The first kappa shape index (κ1) is 16.8. The molecule has 8 heteroatoms. The predicted molar refractivity (Wildman–Crippen MR) is 94.2 cm³/mol. The number of benzene rings is 1. The molecule has 1 aliphatic rings. The summed E-state index contributed by atoms with van der Waals surface area (Å²) in [4.78, 5) is 41.8. The standard InChI is InChI=1S/C16H14BrN3O3S/c1-9-8-24-16(18-9)19-13(21)3-2-6-20-14(22)11-5-4-10(17)7-12(11)15(20)23/h4-5,7-8H,2-3,6H2,1H3,(H,18,19,21). The van der Waals surface area contributed by atoms with E-state index in [2.05, 4.69) is 26.2 Å². The number of halogens is 1. The lowest BCUT2D eigenvalue weighted by atomic mass is 10.1. The van der Waals surface area contributed by atoms with Crippen molar-refractivity contribution in [2.45, 2.75) is 19.8 Å². The van der Waals surface area contributed by atoms with E-state index in [9.17, 15) is 14.4 Å². The Balaban J connectivity index is 1.55. The minimum atomic E-state index is -0.313. The summed E-state index contributed by atoms with van der Waals surface area (Å²) >= 11 is 4.66. The molecule has 6 nitrogen and oxygen atoms in total. The average Bonchev–Trinajstić information content (AvgIpc) is 3.04. The van der Waals surface area contributed by atoms with Crippen LogP contribution >= 0.6 is 27.3 Å². The zero-order valence-electron chi connectivity index (χ0n) is 12.8. The third kappa shape index (κ3) is 3.39. The molecule has 3 rings (SSSR count). The number of rotatable bonds is 5. The third-order valence-corrected chi connectivity index (χ3v) is 4.95. The lowest BCUT2D eigenvalue weighted by Gasteiger charge is -2.13. The Kier molecular flexibility index (Phi) is 4.77. The molecule has 0 radical (unpaired) electrons. The van der Waals surface area contributed by atoms with Gasteiger partial charge in [0.1, 0.15) is 0 Å². The smallest absolute Gasteiger partial charge is 0.261 e. The molecule has 0 fully saturated rings. The first-order chi connectivity index (χ1) is 11.5. The van der Waals surface area contributed by atoms with Crippen LogP contribution in [-0.2, 0) is 4.79 Å². The summed E-state index contributed by atoms with van der Waals surface area (Å²) in [5, 5.41) is 5.12. The first-order valence-corrected chi connectivity index (χ1v) is 9.00. The highest BCUT2D eigenvalue weighted by atomic mass is 79.9. The number of nitrogens with one attached hydrogen (secondary N) is 1. The van der Waals surface area contributed by atoms with E-state index >= 15 is 0 Å². The number of amides is 3. The highest BCUT2D eigenvalue weighted by Crippen LogP contribution is 2.26.